The molecule has 0 radical (unpaired) electrons. The molecule has 15 heavy (non-hydrogen) atoms. The van der Waals surface area contributed by atoms with Crippen molar-refractivity contribution in [2.45, 2.75) is 18.9 Å². The van der Waals surface area contributed by atoms with E-state index in [1.54, 1.807) is 0 Å². The quantitative estimate of drug-likeness (QED) is 0.807. The van der Waals surface area contributed by atoms with Gasteiger partial charge in [-0.3, -0.25) is 4.79 Å². The lowest BCUT2D eigenvalue weighted by Crippen LogP contribution is -2.26. The number of halogens is 2. The molecule has 82 valence electrons. The maximum atomic E-state index is 13.2. The zero-order valence-corrected chi connectivity index (χ0v) is 8.00. The van der Waals surface area contributed by atoms with Crippen LogP contribution in [0, 0.1) is 11.6 Å². The molecule has 0 saturated heterocycles. The van der Waals surface area contributed by atoms with E-state index in [1.807, 2.05) is 0 Å². The number of aliphatic hydroxyl groups is 1. The lowest BCUT2D eigenvalue weighted by Gasteiger charge is -2.22. The fourth-order valence-corrected chi connectivity index (χ4v) is 1.32. The second-order valence-corrected chi connectivity index (χ2v) is 3.47. The number of aliphatic carboxylic acids is 1. The molecule has 3 nitrogen and oxygen atoms in total. The third-order valence-corrected chi connectivity index (χ3v) is 2.01. The topological polar surface area (TPSA) is 57.5 Å². The van der Waals surface area contributed by atoms with Crippen molar-refractivity contribution >= 4 is 5.97 Å². The highest BCUT2D eigenvalue weighted by atomic mass is 19.1. The van der Waals surface area contributed by atoms with Gasteiger partial charge in [-0.05, 0) is 13.0 Å². The number of hydrogen-bond donors (Lipinski definition) is 2. The Balaban J connectivity index is 3.09. The van der Waals surface area contributed by atoms with Gasteiger partial charge in [-0.2, -0.15) is 0 Å². The van der Waals surface area contributed by atoms with E-state index in [9.17, 15) is 18.7 Å². The van der Waals surface area contributed by atoms with Crippen LogP contribution in [0.1, 0.15) is 18.9 Å². The highest BCUT2D eigenvalue weighted by molar-refractivity contribution is 5.68. The molecule has 5 heteroatoms. The van der Waals surface area contributed by atoms with Crippen LogP contribution in [-0.4, -0.2) is 16.2 Å². The second-order valence-electron chi connectivity index (χ2n) is 3.47. The molecule has 1 atom stereocenters. The smallest absolute Gasteiger partial charge is 0.306 e. The molecular formula is C10H10F2O3. The van der Waals surface area contributed by atoms with Gasteiger partial charge in [0.1, 0.15) is 17.2 Å². The summed E-state index contributed by atoms with van der Waals surface area (Å²) < 4.78 is 25.8. The lowest BCUT2D eigenvalue weighted by molar-refractivity contribution is -0.142. The van der Waals surface area contributed by atoms with Crippen LogP contribution in [0.15, 0.2) is 18.2 Å². The largest absolute Gasteiger partial charge is 0.481 e. The number of carboxylic acids is 1. The highest BCUT2D eigenvalue weighted by Gasteiger charge is 2.29. The van der Waals surface area contributed by atoms with Crippen molar-refractivity contribution in [2.75, 3.05) is 0 Å². The Morgan fingerprint density at radius 1 is 1.47 bits per heavy atom. The zero-order chi connectivity index (χ0) is 11.6. The molecule has 0 saturated carbocycles. The van der Waals surface area contributed by atoms with Gasteiger partial charge in [0.15, 0.2) is 0 Å². The highest BCUT2D eigenvalue weighted by Crippen LogP contribution is 2.27. The minimum absolute atomic E-state index is 0.230. The molecule has 1 unspecified atom stereocenters. The van der Waals surface area contributed by atoms with Crippen molar-refractivity contribution in [3.8, 4) is 0 Å². The van der Waals surface area contributed by atoms with Crippen molar-refractivity contribution in [2.24, 2.45) is 0 Å². The number of rotatable bonds is 3. The summed E-state index contributed by atoms with van der Waals surface area (Å²) in [5, 5.41) is 18.2. The molecule has 0 aliphatic rings. The Kier molecular flexibility index (Phi) is 3.04. The Bertz CT molecular complexity index is 388. The molecule has 0 aliphatic heterocycles. The van der Waals surface area contributed by atoms with Gasteiger partial charge in [0.25, 0.3) is 0 Å². The van der Waals surface area contributed by atoms with Crippen molar-refractivity contribution in [1.82, 2.24) is 0 Å². The second kappa shape index (κ2) is 3.94. The zero-order valence-electron chi connectivity index (χ0n) is 8.00. The molecule has 0 spiro atoms. The summed E-state index contributed by atoms with van der Waals surface area (Å²) in [7, 11) is 0. The van der Waals surface area contributed by atoms with E-state index in [4.69, 9.17) is 5.11 Å². The summed E-state index contributed by atoms with van der Waals surface area (Å²) in [6.45, 7) is 1.16. The summed E-state index contributed by atoms with van der Waals surface area (Å²) in [6, 6.07) is 2.61. The Labute approximate surface area is 85.0 Å². The first-order chi connectivity index (χ1) is 6.83. The summed E-state index contributed by atoms with van der Waals surface area (Å²) in [5.74, 6) is -2.99. The predicted molar refractivity (Wildman–Crippen MR) is 48.2 cm³/mol. The van der Waals surface area contributed by atoms with Gasteiger partial charge in [0.2, 0.25) is 0 Å². The fraction of sp³-hybridized carbons (Fsp3) is 0.300. The Morgan fingerprint density at radius 3 is 2.53 bits per heavy atom. The first-order valence-corrected chi connectivity index (χ1v) is 4.22. The minimum Gasteiger partial charge on any atom is -0.481 e. The molecule has 2 N–H and O–H groups in total. The summed E-state index contributed by atoms with van der Waals surface area (Å²) >= 11 is 0. The van der Waals surface area contributed by atoms with Crippen LogP contribution in [0.2, 0.25) is 0 Å². The van der Waals surface area contributed by atoms with E-state index < -0.39 is 29.6 Å². The average Bonchev–Trinajstić information content (AvgIpc) is 1.99. The third kappa shape index (κ3) is 2.73. The minimum atomic E-state index is -1.84. The van der Waals surface area contributed by atoms with Crippen molar-refractivity contribution in [3.05, 3.63) is 35.4 Å². The van der Waals surface area contributed by atoms with E-state index >= 15 is 0 Å². The maximum absolute atomic E-state index is 13.2. The van der Waals surface area contributed by atoms with Gasteiger partial charge >= 0.3 is 5.97 Å². The van der Waals surface area contributed by atoms with Crippen LogP contribution in [0.5, 0.6) is 0 Å². The van der Waals surface area contributed by atoms with Gasteiger partial charge < -0.3 is 10.2 Å². The molecule has 1 aromatic carbocycles. The van der Waals surface area contributed by atoms with Gasteiger partial charge in [-0.1, -0.05) is 6.07 Å². The SMILES string of the molecule is CC(O)(CC(=O)O)c1ccc(F)cc1F. The van der Waals surface area contributed by atoms with Gasteiger partial charge in [-0.25, -0.2) is 8.78 Å². The molecule has 0 heterocycles. The summed E-state index contributed by atoms with van der Waals surface area (Å²) in [5.41, 5.74) is -2.07. The fourth-order valence-electron chi connectivity index (χ4n) is 1.32. The molecular weight excluding hydrogens is 206 g/mol. The normalized spacial score (nSPS) is 14.7. The summed E-state index contributed by atoms with van der Waals surface area (Å²) in [6.07, 6.45) is -0.643. The number of hydrogen-bond acceptors (Lipinski definition) is 2. The van der Waals surface area contributed by atoms with Crippen LogP contribution < -0.4 is 0 Å². The van der Waals surface area contributed by atoms with Crippen LogP contribution >= 0.6 is 0 Å². The van der Waals surface area contributed by atoms with E-state index in [-0.39, 0.29) is 5.56 Å². The van der Waals surface area contributed by atoms with E-state index in [0.717, 1.165) is 19.1 Å². The third-order valence-electron chi connectivity index (χ3n) is 2.01. The van der Waals surface area contributed by atoms with Crippen molar-refractivity contribution in [3.63, 3.8) is 0 Å². The Morgan fingerprint density at radius 2 is 2.07 bits per heavy atom. The van der Waals surface area contributed by atoms with Gasteiger partial charge in [-0.15, -0.1) is 0 Å². The lowest BCUT2D eigenvalue weighted by atomic mass is 9.92. The molecule has 0 fully saturated rings. The molecule has 1 rings (SSSR count). The number of carbonyl (C=O) groups is 1. The number of carboxylic acid groups (broad SMARTS) is 1. The Hall–Kier alpha value is -1.49. The maximum Gasteiger partial charge on any atom is 0.306 e. The first-order valence-electron chi connectivity index (χ1n) is 4.22. The van der Waals surface area contributed by atoms with E-state index in [0.29, 0.717) is 6.07 Å². The van der Waals surface area contributed by atoms with Crippen LogP contribution in [0.4, 0.5) is 8.78 Å². The van der Waals surface area contributed by atoms with Gasteiger partial charge in [0.05, 0.1) is 6.42 Å². The van der Waals surface area contributed by atoms with E-state index in [1.165, 1.54) is 0 Å². The van der Waals surface area contributed by atoms with Crippen LogP contribution in [0.25, 0.3) is 0 Å². The van der Waals surface area contributed by atoms with Crippen molar-refractivity contribution < 1.29 is 23.8 Å². The standard InChI is InChI=1S/C10H10F2O3/c1-10(15,5-9(13)14)7-3-2-6(11)4-8(7)12/h2-4,15H,5H2,1H3,(H,13,14). The number of benzene rings is 1. The van der Waals surface area contributed by atoms with Crippen LogP contribution in [-0.2, 0) is 10.4 Å². The average molecular weight is 216 g/mol. The molecule has 0 aliphatic carbocycles. The van der Waals surface area contributed by atoms with Crippen LogP contribution in [0.3, 0.4) is 0 Å². The predicted octanol–water partition coefficient (Wildman–Crippen LogP) is 1.65. The van der Waals surface area contributed by atoms with Crippen molar-refractivity contribution in [1.29, 1.82) is 0 Å². The van der Waals surface area contributed by atoms with Gasteiger partial charge in [0, 0.05) is 11.6 Å². The molecule has 1 aromatic rings. The summed E-state index contributed by atoms with van der Waals surface area (Å²) in [4.78, 5) is 10.4. The molecule has 0 amide bonds. The molecule has 0 bridgehead atoms. The molecule has 0 aromatic heterocycles. The van der Waals surface area contributed by atoms with E-state index in [2.05, 4.69) is 0 Å². The first kappa shape index (κ1) is 11.6. The monoisotopic (exact) mass is 216 g/mol.